The Balaban J connectivity index is 2.61. The molecule has 3 heteroatoms. The molecule has 0 bridgehead atoms. The Morgan fingerprint density at radius 1 is 1.57 bits per heavy atom. The van der Waals surface area contributed by atoms with Gasteiger partial charge in [0, 0.05) is 19.0 Å². The lowest BCUT2D eigenvalue weighted by atomic mass is 10.0. The highest BCUT2D eigenvalue weighted by Crippen LogP contribution is 2.09. The van der Waals surface area contributed by atoms with Gasteiger partial charge in [-0.15, -0.1) is 0 Å². The average molecular weight is 195 g/mol. The van der Waals surface area contributed by atoms with Crippen LogP contribution in [0.3, 0.4) is 0 Å². The Kier molecular flexibility index (Phi) is 3.74. The monoisotopic (exact) mass is 195 g/mol. The Labute approximate surface area is 83.2 Å². The van der Waals surface area contributed by atoms with E-state index in [4.69, 9.17) is 0 Å². The molecular formula is C11H14FNO. The molecule has 0 atom stereocenters. The first kappa shape index (κ1) is 10.8. The summed E-state index contributed by atoms with van der Waals surface area (Å²) >= 11 is 0. The third kappa shape index (κ3) is 3.24. The number of carbonyl (C=O) groups excluding carboxylic acids is 1. The van der Waals surface area contributed by atoms with E-state index >= 15 is 0 Å². The molecule has 0 aliphatic heterocycles. The van der Waals surface area contributed by atoms with Crippen LogP contribution in [0.5, 0.6) is 0 Å². The average Bonchev–Trinajstić information content (AvgIpc) is 2.07. The van der Waals surface area contributed by atoms with Crippen LogP contribution in [0, 0.1) is 11.7 Å². The van der Waals surface area contributed by atoms with E-state index in [-0.39, 0.29) is 12.2 Å². The van der Waals surface area contributed by atoms with Gasteiger partial charge in [0.15, 0.2) is 0 Å². The zero-order valence-corrected chi connectivity index (χ0v) is 8.46. The maximum absolute atomic E-state index is 13.1. The number of pyridine rings is 1. The molecule has 1 heterocycles. The van der Waals surface area contributed by atoms with E-state index in [0.717, 1.165) is 6.20 Å². The molecular weight excluding hydrogens is 181 g/mol. The van der Waals surface area contributed by atoms with Gasteiger partial charge in [-0.2, -0.15) is 0 Å². The van der Waals surface area contributed by atoms with E-state index in [9.17, 15) is 9.18 Å². The molecule has 1 aromatic heterocycles. The van der Waals surface area contributed by atoms with Gasteiger partial charge in [-0.05, 0) is 17.5 Å². The summed E-state index contributed by atoms with van der Waals surface area (Å²) in [6.45, 7) is 3.95. The standard InChI is InChI=1S/C11H14FNO/c1-8(2)5-10(14)6-9-3-4-13-7-11(9)12/h3-4,7-8H,5-6H2,1-2H3. The minimum atomic E-state index is -0.399. The van der Waals surface area contributed by atoms with Crippen molar-refractivity contribution >= 4 is 5.78 Å². The first-order chi connectivity index (χ1) is 6.59. The summed E-state index contributed by atoms with van der Waals surface area (Å²) < 4.78 is 13.1. The molecule has 0 fully saturated rings. The SMILES string of the molecule is CC(C)CC(=O)Cc1ccncc1F. The van der Waals surface area contributed by atoms with E-state index < -0.39 is 5.82 Å². The van der Waals surface area contributed by atoms with Gasteiger partial charge in [0.25, 0.3) is 0 Å². The van der Waals surface area contributed by atoms with Crippen LogP contribution in [-0.2, 0) is 11.2 Å². The zero-order chi connectivity index (χ0) is 10.6. The molecule has 0 unspecified atom stereocenters. The molecule has 0 aromatic carbocycles. The van der Waals surface area contributed by atoms with Crippen LogP contribution < -0.4 is 0 Å². The normalized spacial score (nSPS) is 10.6. The molecule has 1 aromatic rings. The van der Waals surface area contributed by atoms with Gasteiger partial charge in [0.05, 0.1) is 6.20 Å². The maximum atomic E-state index is 13.1. The topological polar surface area (TPSA) is 30.0 Å². The van der Waals surface area contributed by atoms with Crippen molar-refractivity contribution in [2.75, 3.05) is 0 Å². The summed E-state index contributed by atoms with van der Waals surface area (Å²) in [7, 11) is 0. The van der Waals surface area contributed by atoms with Gasteiger partial charge < -0.3 is 0 Å². The van der Waals surface area contributed by atoms with Gasteiger partial charge in [0.1, 0.15) is 11.6 Å². The highest BCUT2D eigenvalue weighted by molar-refractivity contribution is 5.81. The first-order valence-corrected chi connectivity index (χ1v) is 4.69. The van der Waals surface area contributed by atoms with Crippen molar-refractivity contribution in [2.45, 2.75) is 26.7 Å². The molecule has 14 heavy (non-hydrogen) atoms. The summed E-state index contributed by atoms with van der Waals surface area (Å²) in [5.41, 5.74) is 0.436. The second kappa shape index (κ2) is 4.84. The van der Waals surface area contributed by atoms with Gasteiger partial charge in [-0.1, -0.05) is 13.8 Å². The molecule has 0 spiro atoms. The quantitative estimate of drug-likeness (QED) is 0.738. The van der Waals surface area contributed by atoms with Crippen molar-refractivity contribution in [3.05, 3.63) is 29.8 Å². The van der Waals surface area contributed by atoms with Gasteiger partial charge >= 0.3 is 0 Å². The number of carbonyl (C=O) groups is 1. The molecule has 0 amide bonds. The zero-order valence-electron chi connectivity index (χ0n) is 8.46. The number of aromatic nitrogens is 1. The van der Waals surface area contributed by atoms with Crippen molar-refractivity contribution in [3.63, 3.8) is 0 Å². The van der Waals surface area contributed by atoms with Crippen LogP contribution in [0.25, 0.3) is 0 Å². The van der Waals surface area contributed by atoms with E-state index in [1.807, 2.05) is 13.8 Å². The molecule has 0 aliphatic carbocycles. The number of halogens is 1. The third-order valence-electron chi connectivity index (χ3n) is 1.88. The number of nitrogens with zero attached hydrogens (tertiary/aromatic N) is 1. The minimum Gasteiger partial charge on any atom is -0.299 e. The Bertz CT molecular complexity index is 323. The fourth-order valence-corrected chi connectivity index (χ4v) is 1.29. The highest BCUT2D eigenvalue weighted by atomic mass is 19.1. The van der Waals surface area contributed by atoms with Crippen LogP contribution in [0.2, 0.25) is 0 Å². The van der Waals surface area contributed by atoms with Crippen molar-refractivity contribution in [2.24, 2.45) is 5.92 Å². The predicted molar refractivity (Wildman–Crippen MR) is 52.4 cm³/mol. The summed E-state index contributed by atoms with van der Waals surface area (Å²) in [4.78, 5) is 15.0. The number of Topliss-reactive ketones (excluding diaryl/α,β-unsaturated/α-hetero) is 1. The minimum absolute atomic E-state index is 0.0742. The molecule has 0 radical (unpaired) electrons. The molecule has 76 valence electrons. The lowest BCUT2D eigenvalue weighted by Gasteiger charge is -2.04. The predicted octanol–water partition coefficient (Wildman–Crippen LogP) is 2.38. The van der Waals surface area contributed by atoms with E-state index in [0.29, 0.717) is 17.9 Å². The van der Waals surface area contributed by atoms with E-state index in [1.54, 1.807) is 6.07 Å². The number of hydrogen-bond donors (Lipinski definition) is 0. The second-order valence-corrected chi connectivity index (χ2v) is 3.78. The van der Waals surface area contributed by atoms with E-state index in [2.05, 4.69) is 4.98 Å². The van der Waals surface area contributed by atoms with Crippen molar-refractivity contribution < 1.29 is 9.18 Å². The number of hydrogen-bond acceptors (Lipinski definition) is 2. The summed E-state index contributed by atoms with van der Waals surface area (Å²) in [5, 5.41) is 0. The highest BCUT2D eigenvalue weighted by Gasteiger charge is 2.09. The molecule has 0 saturated heterocycles. The Morgan fingerprint density at radius 3 is 2.86 bits per heavy atom. The van der Waals surface area contributed by atoms with Gasteiger partial charge in [-0.3, -0.25) is 9.78 Å². The second-order valence-electron chi connectivity index (χ2n) is 3.78. The van der Waals surface area contributed by atoms with Crippen LogP contribution >= 0.6 is 0 Å². The fourth-order valence-electron chi connectivity index (χ4n) is 1.29. The summed E-state index contributed by atoms with van der Waals surface area (Å²) in [5.74, 6) is 0.00195. The maximum Gasteiger partial charge on any atom is 0.145 e. The largest absolute Gasteiger partial charge is 0.299 e. The molecule has 0 N–H and O–H groups in total. The van der Waals surface area contributed by atoms with Gasteiger partial charge in [0.2, 0.25) is 0 Å². The lowest BCUT2D eigenvalue weighted by Crippen LogP contribution is -2.07. The number of rotatable bonds is 4. The van der Waals surface area contributed by atoms with E-state index in [1.165, 1.54) is 6.20 Å². The van der Waals surface area contributed by atoms with Crippen LogP contribution in [0.15, 0.2) is 18.5 Å². The molecule has 0 saturated carbocycles. The van der Waals surface area contributed by atoms with Crippen LogP contribution in [0.4, 0.5) is 4.39 Å². The Morgan fingerprint density at radius 2 is 2.29 bits per heavy atom. The first-order valence-electron chi connectivity index (χ1n) is 4.69. The van der Waals surface area contributed by atoms with Gasteiger partial charge in [-0.25, -0.2) is 4.39 Å². The molecule has 0 aliphatic rings. The number of ketones is 1. The van der Waals surface area contributed by atoms with Crippen molar-refractivity contribution in [1.82, 2.24) is 4.98 Å². The molecule has 1 rings (SSSR count). The van der Waals surface area contributed by atoms with Crippen molar-refractivity contribution in [1.29, 1.82) is 0 Å². The Hall–Kier alpha value is -1.25. The van der Waals surface area contributed by atoms with Crippen molar-refractivity contribution in [3.8, 4) is 0 Å². The fraction of sp³-hybridized carbons (Fsp3) is 0.455. The third-order valence-corrected chi connectivity index (χ3v) is 1.88. The van der Waals surface area contributed by atoms with Crippen LogP contribution in [0.1, 0.15) is 25.8 Å². The molecule has 2 nitrogen and oxygen atoms in total. The lowest BCUT2D eigenvalue weighted by molar-refractivity contribution is -0.119. The summed E-state index contributed by atoms with van der Waals surface area (Å²) in [6.07, 6.45) is 3.31. The smallest absolute Gasteiger partial charge is 0.145 e. The van der Waals surface area contributed by atoms with Crippen LogP contribution in [-0.4, -0.2) is 10.8 Å². The summed E-state index contributed by atoms with van der Waals surface area (Å²) in [6, 6.07) is 1.55.